The number of benzene rings is 1. The number of carbonyl (C=O) groups excluding carboxylic acids is 1. The van der Waals surface area contributed by atoms with E-state index in [-0.39, 0.29) is 5.91 Å². The molecule has 2 aromatic heterocycles. The van der Waals surface area contributed by atoms with E-state index in [9.17, 15) is 4.79 Å². The summed E-state index contributed by atoms with van der Waals surface area (Å²) in [6.45, 7) is 7.32. The number of aromatic nitrogens is 3. The topological polar surface area (TPSA) is 63.0 Å². The van der Waals surface area contributed by atoms with Crippen molar-refractivity contribution in [1.82, 2.24) is 19.5 Å². The number of fused-ring (bicyclic) bond motifs is 1. The number of aryl methyl sites for hydroxylation is 1. The first-order chi connectivity index (χ1) is 13.2. The molecule has 0 spiro atoms. The van der Waals surface area contributed by atoms with Crippen LogP contribution in [0, 0.1) is 6.92 Å². The highest BCUT2D eigenvalue weighted by atomic mass is 16.5. The summed E-state index contributed by atoms with van der Waals surface area (Å²) in [6, 6.07) is 9.87. The average molecular weight is 365 g/mol. The molecular weight excluding hydrogens is 342 g/mol. The number of para-hydroxylation sites is 2. The Morgan fingerprint density at radius 2 is 1.93 bits per heavy atom. The molecule has 0 aliphatic carbocycles. The molecule has 1 saturated heterocycles. The van der Waals surface area contributed by atoms with Gasteiger partial charge in [-0.1, -0.05) is 12.1 Å². The molecule has 0 radical (unpaired) electrons. The van der Waals surface area contributed by atoms with Gasteiger partial charge in [-0.25, -0.2) is 9.50 Å². The SMILES string of the molecule is CCOc1ccccc1N1CCN(C(=O)c2c(C)nn3cccnc23)CC1. The van der Waals surface area contributed by atoms with Gasteiger partial charge in [0.25, 0.3) is 5.91 Å². The van der Waals surface area contributed by atoms with E-state index in [4.69, 9.17) is 4.74 Å². The van der Waals surface area contributed by atoms with Gasteiger partial charge >= 0.3 is 0 Å². The van der Waals surface area contributed by atoms with Gasteiger partial charge in [-0.15, -0.1) is 0 Å². The van der Waals surface area contributed by atoms with Gasteiger partial charge in [0, 0.05) is 38.6 Å². The van der Waals surface area contributed by atoms with E-state index in [0.717, 1.165) is 24.5 Å². The zero-order valence-corrected chi connectivity index (χ0v) is 15.6. The van der Waals surface area contributed by atoms with Gasteiger partial charge in [-0.2, -0.15) is 5.10 Å². The molecular formula is C20H23N5O2. The number of piperazine rings is 1. The number of hydrogen-bond donors (Lipinski definition) is 0. The molecule has 3 aromatic rings. The van der Waals surface area contributed by atoms with Crippen LogP contribution in [0.4, 0.5) is 5.69 Å². The Bertz CT molecular complexity index is 960. The lowest BCUT2D eigenvalue weighted by atomic mass is 10.2. The van der Waals surface area contributed by atoms with Crippen LogP contribution < -0.4 is 9.64 Å². The Morgan fingerprint density at radius 3 is 2.70 bits per heavy atom. The Kier molecular flexibility index (Phi) is 4.66. The van der Waals surface area contributed by atoms with Crippen molar-refractivity contribution >= 4 is 17.2 Å². The average Bonchev–Trinajstić information content (AvgIpc) is 3.04. The van der Waals surface area contributed by atoms with Gasteiger partial charge in [0.2, 0.25) is 0 Å². The van der Waals surface area contributed by atoms with Crippen LogP contribution in [0.1, 0.15) is 23.0 Å². The van der Waals surface area contributed by atoms with Gasteiger partial charge in [-0.3, -0.25) is 4.79 Å². The summed E-state index contributed by atoms with van der Waals surface area (Å²) >= 11 is 0. The Morgan fingerprint density at radius 1 is 1.15 bits per heavy atom. The van der Waals surface area contributed by atoms with Gasteiger partial charge in [0.15, 0.2) is 5.65 Å². The van der Waals surface area contributed by atoms with Crippen molar-refractivity contribution in [2.24, 2.45) is 0 Å². The second kappa shape index (κ2) is 7.26. The molecule has 0 saturated carbocycles. The fourth-order valence-corrected chi connectivity index (χ4v) is 3.55. The molecule has 7 nitrogen and oxygen atoms in total. The Labute approximate surface area is 158 Å². The molecule has 0 N–H and O–H groups in total. The van der Waals surface area contributed by atoms with Crippen molar-refractivity contribution in [3.63, 3.8) is 0 Å². The van der Waals surface area contributed by atoms with E-state index in [0.29, 0.717) is 36.6 Å². The van der Waals surface area contributed by atoms with E-state index in [1.54, 1.807) is 10.7 Å². The maximum Gasteiger partial charge on any atom is 0.259 e. The quantitative estimate of drug-likeness (QED) is 0.710. The second-order valence-corrected chi connectivity index (χ2v) is 6.53. The minimum atomic E-state index is -0.000978. The highest BCUT2D eigenvalue weighted by molar-refractivity contribution is 6.01. The maximum absolute atomic E-state index is 13.1. The minimum absolute atomic E-state index is 0.000978. The molecule has 3 heterocycles. The first-order valence-corrected chi connectivity index (χ1v) is 9.25. The summed E-state index contributed by atoms with van der Waals surface area (Å²) in [4.78, 5) is 21.6. The van der Waals surface area contributed by atoms with Crippen molar-refractivity contribution in [1.29, 1.82) is 0 Å². The zero-order chi connectivity index (χ0) is 18.8. The normalized spacial score (nSPS) is 14.6. The number of ether oxygens (including phenoxy) is 1. The van der Waals surface area contributed by atoms with Crippen LogP contribution in [0.25, 0.3) is 5.65 Å². The van der Waals surface area contributed by atoms with Crippen LogP contribution in [0.2, 0.25) is 0 Å². The van der Waals surface area contributed by atoms with E-state index in [1.165, 1.54) is 0 Å². The molecule has 4 rings (SSSR count). The molecule has 0 bridgehead atoms. The Hall–Kier alpha value is -3.09. The van der Waals surface area contributed by atoms with Crippen LogP contribution in [-0.4, -0.2) is 58.2 Å². The lowest BCUT2D eigenvalue weighted by molar-refractivity contribution is 0.0747. The number of anilines is 1. The first-order valence-electron chi connectivity index (χ1n) is 9.25. The summed E-state index contributed by atoms with van der Waals surface area (Å²) in [5.41, 5.74) is 3.01. The van der Waals surface area contributed by atoms with Gasteiger partial charge in [-0.05, 0) is 32.0 Å². The number of hydrogen-bond acceptors (Lipinski definition) is 5. The molecule has 1 amide bonds. The molecule has 7 heteroatoms. The van der Waals surface area contributed by atoms with Crippen LogP contribution >= 0.6 is 0 Å². The predicted octanol–water partition coefficient (Wildman–Crippen LogP) is 2.40. The summed E-state index contributed by atoms with van der Waals surface area (Å²) in [6.07, 6.45) is 3.50. The van der Waals surface area contributed by atoms with Gasteiger partial charge < -0.3 is 14.5 Å². The molecule has 0 unspecified atom stereocenters. The number of amides is 1. The largest absolute Gasteiger partial charge is 0.492 e. The fraction of sp³-hybridized carbons (Fsp3) is 0.350. The summed E-state index contributed by atoms with van der Waals surface area (Å²) in [7, 11) is 0. The van der Waals surface area contributed by atoms with Crippen LogP contribution in [0.5, 0.6) is 5.75 Å². The highest BCUT2D eigenvalue weighted by Crippen LogP contribution is 2.29. The number of rotatable bonds is 4. The second-order valence-electron chi connectivity index (χ2n) is 6.53. The third kappa shape index (κ3) is 3.20. The fourth-order valence-electron chi connectivity index (χ4n) is 3.55. The molecule has 1 aromatic carbocycles. The van der Waals surface area contributed by atoms with Crippen molar-refractivity contribution in [3.05, 3.63) is 54.0 Å². The van der Waals surface area contributed by atoms with Gasteiger partial charge in [0.1, 0.15) is 11.3 Å². The number of nitrogens with zero attached hydrogens (tertiary/aromatic N) is 5. The van der Waals surface area contributed by atoms with Gasteiger partial charge in [0.05, 0.1) is 18.0 Å². The molecule has 27 heavy (non-hydrogen) atoms. The third-order valence-corrected chi connectivity index (χ3v) is 4.86. The molecule has 1 fully saturated rings. The van der Waals surface area contributed by atoms with Crippen molar-refractivity contribution < 1.29 is 9.53 Å². The standard InChI is InChI=1S/C20H23N5O2/c1-3-27-17-8-5-4-7-16(17)23-11-13-24(14-12-23)20(26)18-15(2)22-25-10-6-9-21-19(18)25/h4-10H,3,11-14H2,1-2H3. The molecule has 1 aliphatic heterocycles. The summed E-state index contributed by atoms with van der Waals surface area (Å²) < 4.78 is 7.41. The maximum atomic E-state index is 13.1. The van der Waals surface area contributed by atoms with E-state index in [2.05, 4.69) is 21.0 Å². The highest BCUT2D eigenvalue weighted by Gasteiger charge is 2.27. The van der Waals surface area contributed by atoms with Crippen molar-refractivity contribution in [2.75, 3.05) is 37.7 Å². The smallest absolute Gasteiger partial charge is 0.259 e. The van der Waals surface area contributed by atoms with Crippen molar-refractivity contribution in [3.8, 4) is 5.75 Å². The lowest BCUT2D eigenvalue weighted by Crippen LogP contribution is -2.49. The predicted molar refractivity (Wildman–Crippen MR) is 103 cm³/mol. The molecule has 1 aliphatic rings. The van der Waals surface area contributed by atoms with E-state index in [1.807, 2.05) is 49.2 Å². The van der Waals surface area contributed by atoms with Crippen LogP contribution in [0.3, 0.4) is 0 Å². The lowest BCUT2D eigenvalue weighted by Gasteiger charge is -2.36. The molecule has 0 atom stereocenters. The summed E-state index contributed by atoms with van der Waals surface area (Å²) in [5, 5.41) is 4.40. The zero-order valence-electron chi connectivity index (χ0n) is 15.6. The van der Waals surface area contributed by atoms with E-state index >= 15 is 0 Å². The van der Waals surface area contributed by atoms with E-state index < -0.39 is 0 Å². The van der Waals surface area contributed by atoms with Crippen LogP contribution in [0.15, 0.2) is 42.7 Å². The monoisotopic (exact) mass is 365 g/mol. The summed E-state index contributed by atoms with van der Waals surface area (Å²) in [5.74, 6) is 0.890. The molecule has 140 valence electrons. The number of carbonyl (C=O) groups is 1. The van der Waals surface area contributed by atoms with Crippen LogP contribution in [-0.2, 0) is 0 Å². The first kappa shape index (κ1) is 17.3. The third-order valence-electron chi connectivity index (χ3n) is 4.86. The Balaban J connectivity index is 1.51. The van der Waals surface area contributed by atoms with Crippen molar-refractivity contribution in [2.45, 2.75) is 13.8 Å². The minimum Gasteiger partial charge on any atom is -0.492 e.